The second kappa shape index (κ2) is 4.30. The van der Waals surface area contributed by atoms with Gasteiger partial charge in [0.25, 0.3) is 0 Å². The van der Waals surface area contributed by atoms with E-state index in [2.05, 4.69) is 4.74 Å². The van der Waals surface area contributed by atoms with Crippen molar-refractivity contribution in [2.75, 3.05) is 7.11 Å². The van der Waals surface area contributed by atoms with E-state index in [1.165, 1.54) is 0 Å². The maximum absolute atomic E-state index is 13.0. The monoisotopic (exact) mass is 207 g/mol. The van der Waals surface area contributed by atoms with Crippen LogP contribution in [-0.4, -0.2) is 12.3 Å². The van der Waals surface area contributed by atoms with Crippen LogP contribution in [0.1, 0.15) is 5.56 Å². The molecule has 0 aromatic heterocycles. The molecule has 0 spiro atoms. The minimum Gasteiger partial charge on any atom is -0.493 e. The molecule has 0 aliphatic rings. The van der Waals surface area contributed by atoms with Crippen LogP contribution in [-0.2, 0) is 6.54 Å². The Morgan fingerprint density at radius 2 is 2.00 bits per heavy atom. The number of rotatable bonds is 3. The molecule has 14 heavy (non-hydrogen) atoms. The van der Waals surface area contributed by atoms with Gasteiger partial charge in [0.2, 0.25) is 5.82 Å². The molecule has 0 saturated heterocycles. The minimum absolute atomic E-state index is 0.00796. The molecule has 0 amide bonds. The van der Waals surface area contributed by atoms with Gasteiger partial charge in [0.05, 0.1) is 7.11 Å². The predicted octanol–water partition coefficient (Wildman–Crippen LogP) is 1.59. The molecular weight excluding hydrogens is 199 g/mol. The van der Waals surface area contributed by atoms with Gasteiger partial charge in [-0.05, 0) is 6.07 Å². The first-order valence-corrected chi connectivity index (χ1v) is 3.69. The molecule has 0 heterocycles. The zero-order valence-corrected chi connectivity index (χ0v) is 7.27. The SMILES string of the molecule is COc1c(CNO)cc(F)c(F)c1F. The van der Waals surface area contributed by atoms with Crippen LogP contribution in [0.4, 0.5) is 13.2 Å². The summed E-state index contributed by atoms with van der Waals surface area (Å²) in [5.41, 5.74) is 1.69. The van der Waals surface area contributed by atoms with E-state index in [9.17, 15) is 13.2 Å². The average molecular weight is 207 g/mol. The third-order valence-corrected chi connectivity index (χ3v) is 1.67. The summed E-state index contributed by atoms with van der Waals surface area (Å²) < 4.78 is 42.9. The van der Waals surface area contributed by atoms with E-state index >= 15 is 0 Å². The summed E-state index contributed by atoms with van der Waals surface area (Å²) >= 11 is 0. The maximum atomic E-state index is 13.0. The van der Waals surface area contributed by atoms with Gasteiger partial charge in [-0.25, -0.2) is 14.3 Å². The highest BCUT2D eigenvalue weighted by Gasteiger charge is 2.18. The molecule has 0 radical (unpaired) electrons. The number of hydrogen-bond donors (Lipinski definition) is 2. The number of hydrogen-bond acceptors (Lipinski definition) is 3. The molecule has 0 fully saturated rings. The summed E-state index contributed by atoms with van der Waals surface area (Å²) in [6, 6.07) is 0.750. The summed E-state index contributed by atoms with van der Waals surface area (Å²) in [7, 11) is 1.12. The van der Waals surface area contributed by atoms with Gasteiger partial charge in [-0.1, -0.05) is 0 Å². The van der Waals surface area contributed by atoms with Gasteiger partial charge in [-0.3, -0.25) is 0 Å². The second-order valence-electron chi connectivity index (χ2n) is 2.51. The Kier molecular flexibility index (Phi) is 3.32. The molecular formula is C8H8F3NO2. The maximum Gasteiger partial charge on any atom is 0.203 e. The molecule has 0 atom stereocenters. The average Bonchev–Trinajstić information content (AvgIpc) is 2.16. The van der Waals surface area contributed by atoms with Crippen LogP contribution >= 0.6 is 0 Å². The van der Waals surface area contributed by atoms with Crippen molar-refractivity contribution in [3.8, 4) is 5.75 Å². The van der Waals surface area contributed by atoms with Crippen LogP contribution in [0.2, 0.25) is 0 Å². The molecule has 6 heteroatoms. The smallest absolute Gasteiger partial charge is 0.203 e. The van der Waals surface area contributed by atoms with Crippen molar-refractivity contribution >= 4 is 0 Å². The molecule has 1 rings (SSSR count). The lowest BCUT2D eigenvalue weighted by Crippen LogP contribution is -2.10. The van der Waals surface area contributed by atoms with E-state index in [0.29, 0.717) is 0 Å². The van der Waals surface area contributed by atoms with E-state index < -0.39 is 23.2 Å². The van der Waals surface area contributed by atoms with Crippen molar-refractivity contribution in [2.45, 2.75) is 6.54 Å². The number of ether oxygens (including phenoxy) is 1. The van der Waals surface area contributed by atoms with E-state index in [1.807, 2.05) is 0 Å². The van der Waals surface area contributed by atoms with Crippen molar-refractivity contribution in [3.05, 3.63) is 29.1 Å². The molecule has 0 saturated carbocycles. The molecule has 1 aromatic carbocycles. The quantitative estimate of drug-likeness (QED) is 0.584. The van der Waals surface area contributed by atoms with Gasteiger partial charge < -0.3 is 9.94 Å². The highest BCUT2D eigenvalue weighted by atomic mass is 19.2. The lowest BCUT2D eigenvalue weighted by Gasteiger charge is -2.09. The zero-order chi connectivity index (χ0) is 10.7. The summed E-state index contributed by atoms with van der Waals surface area (Å²) in [6.45, 7) is -0.239. The predicted molar refractivity (Wildman–Crippen MR) is 41.5 cm³/mol. The molecule has 1 aromatic rings. The van der Waals surface area contributed by atoms with Crippen LogP contribution in [0.15, 0.2) is 6.07 Å². The Bertz CT molecular complexity index is 344. The van der Waals surface area contributed by atoms with Crippen molar-refractivity contribution in [3.63, 3.8) is 0 Å². The fraction of sp³-hybridized carbons (Fsp3) is 0.250. The molecule has 78 valence electrons. The number of methoxy groups -OCH3 is 1. The van der Waals surface area contributed by atoms with Crippen molar-refractivity contribution in [2.24, 2.45) is 0 Å². The summed E-state index contributed by atoms with van der Waals surface area (Å²) in [6.07, 6.45) is 0. The van der Waals surface area contributed by atoms with Crippen molar-refractivity contribution in [1.29, 1.82) is 0 Å². The van der Waals surface area contributed by atoms with Crippen LogP contribution in [0.25, 0.3) is 0 Å². The van der Waals surface area contributed by atoms with Crippen LogP contribution < -0.4 is 10.2 Å². The topological polar surface area (TPSA) is 41.5 Å². The van der Waals surface area contributed by atoms with E-state index in [-0.39, 0.29) is 12.1 Å². The Hall–Kier alpha value is -1.27. The highest BCUT2D eigenvalue weighted by molar-refractivity contribution is 5.36. The normalized spacial score (nSPS) is 10.4. The highest BCUT2D eigenvalue weighted by Crippen LogP contribution is 2.26. The standard InChI is InChI=1S/C8H8F3NO2/c1-14-8-4(3-12-13)2-5(9)6(10)7(8)11/h2,12-13H,3H2,1H3. The number of nitrogens with one attached hydrogen (secondary N) is 1. The van der Waals surface area contributed by atoms with Gasteiger partial charge in [-0.15, -0.1) is 0 Å². The lowest BCUT2D eigenvalue weighted by molar-refractivity contribution is 0.159. The number of halogens is 3. The van der Waals surface area contributed by atoms with Gasteiger partial charge >= 0.3 is 0 Å². The molecule has 0 bridgehead atoms. The van der Waals surface area contributed by atoms with Crippen LogP contribution in [0.5, 0.6) is 5.75 Å². The fourth-order valence-electron chi connectivity index (χ4n) is 1.06. The Morgan fingerprint density at radius 1 is 1.36 bits per heavy atom. The van der Waals surface area contributed by atoms with Crippen molar-refractivity contribution in [1.82, 2.24) is 5.48 Å². The molecule has 3 nitrogen and oxygen atoms in total. The third-order valence-electron chi connectivity index (χ3n) is 1.67. The van der Waals surface area contributed by atoms with E-state index in [1.54, 1.807) is 5.48 Å². The zero-order valence-electron chi connectivity index (χ0n) is 7.27. The van der Waals surface area contributed by atoms with Gasteiger partial charge in [0.1, 0.15) is 0 Å². The summed E-state index contributed by atoms with van der Waals surface area (Å²) in [4.78, 5) is 0. The van der Waals surface area contributed by atoms with Gasteiger partial charge in [0, 0.05) is 12.1 Å². The van der Waals surface area contributed by atoms with Gasteiger partial charge in [-0.2, -0.15) is 4.39 Å². The summed E-state index contributed by atoms with van der Waals surface area (Å²) in [5, 5.41) is 8.35. The van der Waals surface area contributed by atoms with E-state index in [4.69, 9.17) is 5.21 Å². The first-order valence-electron chi connectivity index (χ1n) is 3.69. The lowest BCUT2D eigenvalue weighted by atomic mass is 10.2. The Balaban J connectivity index is 3.28. The second-order valence-corrected chi connectivity index (χ2v) is 2.51. The van der Waals surface area contributed by atoms with E-state index in [0.717, 1.165) is 13.2 Å². The third kappa shape index (κ3) is 1.80. The Labute approximate surface area is 78.1 Å². The number of benzene rings is 1. The minimum atomic E-state index is -1.59. The van der Waals surface area contributed by atoms with Gasteiger partial charge in [0.15, 0.2) is 17.4 Å². The van der Waals surface area contributed by atoms with Crippen LogP contribution in [0, 0.1) is 17.5 Å². The molecule has 0 aliphatic heterocycles. The first-order chi connectivity index (χ1) is 6.61. The van der Waals surface area contributed by atoms with Crippen LogP contribution in [0.3, 0.4) is 0 Å². The molecule has 2 N–H and O–H groups in total. The fourth-order valence-corrected chi connectivity index (χ4v) is 1.06. The molecule has 0 unspecified atom stereocenters. The Morgan fingerprint density at radius 3 is 2.50 bits per heavy atom. The first kappa shape index (κ1) is 10.8. The summed E-state index contributed by atoms with van der Waals surface area (Å²) in [5.74, 6) is -4.75. The molecule has 0 aliphatic carbocycles. The van der Waals surface area contributed by atoms with Crippen molar-refractivity contribution < 1.29 is 23.1 Å². The largest absolute Gasteiger partial charge is 0.493 e. The number of hydroxylamine groups is 1.